The largest absolute Gasteiger partial charge is 0.394 e. The van der Waals surface area contributed by atoms with Crippen LogP contribution in [0.1, 0.15) is 107 Å². The van der Waals surface area contributed by atoms with E-state index < -0.39 is 152 Å². The van der Waals surface area contributed by atoms with Crippen LogP contribution in [0.5, 0.6) is 0 Å². The van der Waals surface area contributed by atoms with Gasteiger partial charge in [0.2, 0.25) is 0 Å². The second kappa shape index (κ2) is 19.6. The van der Waals surface area contributed by atoms with Crippen molar-refractivity contribution in [2.45, 2.75) is 240 Å². The SMILES string of the molecule is CC(C)=C[C@]12C[C@](C)(O)[C@@H]3[C@@H]4CC[C@@H]5[C@@](C)(CC[C@H]6C(C)(C)[C@@H](O[C@@H]7OC[C@@H](O)[C@@H](O[C@@H]8O[C@H](CO)[C@@H](O)[C@H](O)[C@H]8O[C@@H]8OC[C@@H](O)[C@H](O)[C@H]8O)[C@H]7O[C@@H]7O[C@H](C)[C@H](O)[C@@H](O)[C@H]7O)CC[C@]56C)[C@H]4C[C@]3(CO1)O2. The van der Waals surface area contributed by atoms with Crippen molar-refractivity contribution in [1.82, 2.24) is 0 Å². The molecular weight excluding hydrogens is 961 g/mol. The normalized spacial score (nSPS) is 57.5. The highest BCUT2D eigenvalue weighted by Gasteiger charge is 2.75. The lowest BCUT2D eigenvalue weighted by Gasteiger charge is -2.67. The Morgan fingerprint density at radius 2 is 1.29 bits per heavy atom. The van der Waals surface area contributed by atoms with Crippen LogP contribution in [0.3, 0.4) is 0 Å². The summed E-state index contributed by atoms with van der Waals surface area (Å²) in [5, 5.41) is 121. The molecule has 6 aliphatic heterocycles. The van der Waals surface area contributed by atoms with Crippen LogP contribution in [0.2, 0.25) is 0 Å². The topological polar surface area (TPSA) is 315 Å². The van der Waals surface area contributed by atoms with Crippen molar-refractivity contribution in [3.63, 3.8) is 0 Å². The molecule has 0 aromatic rings. The van der Waals surface area contributed by atoms with Gasteiger partial charge in [0.15, 0.2) is 30.9 Å². The van der Waals surface area contributed by atoms with Crippen LogP contribution in [-0.4, -0.2) is 216 Å². The Balaban J connectivity index is 0.911. The van der Waals surface area contributed by atoms with E-state index in [0.717, 1.165) is 44.1 Å². The van der Waals surface area contributed by atoms with E-state index in [-0.39, 0.29) is 29.3 Å². The van der Waals surface area contributed by atoms with E-state index in [2.05, 4.69) is 27.7 Å². The van der Waals surface area contributed by atoms with Crippen LogP contribution in [-0.2, 0) is 47.4 Å². The fourth-order valence-electron chi connectivity index (χ4n) is 17.0. The summed E-state index contributed by atoms with van der Waals surface area (Å²) >= 11 is 0. The van der Waals surface area contributed by atoms with Crippen LogP contribution >= 0.6 is 0 Å². The fourth-order valence-corrected chi connectivity index (χ4v) is 17.0. The number of aliphatic hydroxyl groups excluding tert-OH is 10. The van der Waals surface area contributed by atoms with Gasteiger partial charge in [0.25, 0.3) is 0 Å². The molecule has 0 radical (unpaired) electrons. The average Bonchev–Trinajstić information content (AvgIpc) is 3.83. The van der Waals surface area contributed by atoms with Gasteiger partial charge >= 0.3 is 0 Å². The van der Waals surface area contributed by atoms with Gasteiger partial charge in [-0.05, 0) is 119 Å². The highest BCUT2D eigenvalue weighted by Crippen LogP contribution is 2.75. The van der Waals surface area contributed by atoms with Crippen molar-refractivity contribution in [2.75, 3.05) is 26.4 Å². The van der Waals surface area contributed by atoms with E-state index in [1.807, 2.05) is 26.8 Å². The monoisotopic (exact) mass is 1040 g/mol. The summed E-state index contributed by atoms with van der Waals surface area (Å²) in [5.41, 5.74) is -1.04. The van der Waals surface area contributed by atoms with Crippen LogP contribution in [0, 0.1) is 45.8 Å². The van der Waals surface area contributed by atoms with Gasteiger partial charge in [-0.25, -0.2) is 0 Å². The molecule has 11 N–H and O–H groups in total. The third-order valence-electron chi connectivity index (χ3n) is 20.1. The summed E-state index contributed by atoms with van der Waals surface area (Å²) in [7, 11) is 0. The molecule has 418 valence electrons. The fraction of sp³-hybridized carbons (Fsp3) is 0.962. The first kappa shape index (κ1) is 55.2. The van der Waals surface area contributed by atoms with Crippen molar-refractivity contribution < 1.29 is 104 Å². The predicted octanol–water partition coefficient (Wildman–Crippen LogP) is -0.542. The molecule has 21 heteroatoms. The molecule has 6 saturated heterocycles. The number of fused-ring (bicyclic) bond motifs is 7. The molecule has 10 fully saturated rings. The molecular formula is C52H84O21. The quantitative estimate of drug-likeness (QED) is 0.0967. The van der Waals surface area contributed by atoms with Crippen LogP contribution < -0.4 is 0 Å². The Morgan fingerprint density at radius 3 is 2.00 bits per heavy atom. The first-order chi connectivity index (χ1) is 34.2. The lowest BCUT2D eigenvalue weighted by Crippen LogP contribution is -2.67. The van der Waals surface area contributed by atoms with Crippen molar-refractivity contribution >= 4 is 0 Å². The Hall–Kier alpha value is -1.10. The zero-order valence-corrected chi connectivity index (χ0v) is 43.4. The molecule has 10 rings (SSSR count). The maximum Gasteiger partial charge on any atom is 0.191 e. The number of rotatable bonds is 10. The lowest BCUT2D eigenvalue weighted by molar-refractivity contribution is -0.398. The van der Waals surface area contributed by atoms with Crippen molar-refractivity contribution in [3.05, 3.63) is 11.6 Å². The molecule has 21 nitrogen and oxygen atoms in total. The summed E-state index contributed by atoms with van der Waals surface area (Å²) in [5.74, 6) is 0.201. The molecule has 0 aromatic carbocycles. The second-order valence-electron chi connectivity index (χ2n) is 25.4. The van der Waals surface area contributed by atoms with Crippen LogP contribution in [0.25, 0.3) is 0 Å². The number of ether oxygens (including phenoxy) is 10. The maximum absolute atomic E-state index is 12.3. The third kappa shape index (κ3) is 9.05. The molecule has 4 aliphatic carbocycles. The van der Waals surface area contributed by atoms with E-state index in [1.165, 1.54) is 6.92 Å². The average molecular weight is 1050 g/mol. The van der Waals surface area contributed by atoms with E-state index >= 15 is 0 Å². The Kier molecular flexibility index (Phi) is 14.8. The summed E-state index contributed by atoms with van der Waals surface area (Å²) in [6.45, 7) is 15.8. The Labute approximate surface area is 426 Å². The first-order valence-electron chi connectivity index (χ1n) is 26.8. The van der Waals surface area contributed by atoms with Gasteiger partial charge < -0.3 is 104 Å². The summed E-state index contributed by atoms with van der Waals surface area (Å²) < 4.78 is 63.1. The van der Waals surface area contributed by atoms with Gasteiger partial charge in [-0.15, -0.1) is 0 Å². The molecule has 6 heterocycles. The van der Waals surface area contributed by atoms with Crippen molar-refractivity contribution in [3.8, 4) is 0 Å². The van der Waals surface area contributed by atoms with Gasteiger partial charge in [-0.1, -0.05) is 33.3 Å². The van der Waals surface area contributed by atoms with Gasteiger partial charge in [-0.2, -0.15) is 0 Å². The summed E-state index contributed by atoms with van der Waals surface area (Å²) in [6, 6.07) is 0. The van der Waals surface area contributed by atoms with Gasteiger partial charge in [0, 0.05) is 12.3 Å². The van der Waals surface area contributed by atoms with E-state index in [0.29, 0.717) is 37.2 Å². The standard InChI is InChI=1S/C52H84O21/c1-22(2)15-52-20-50(8,63)42-24-9-10-30-48(6,25(24)16-51(42,73-52)21-66-52)13-11-29-47(4,5)31(12-14-49(29,30)7)69-45-41(72-44-38(62)35(59)32(56)23(3)67-44)39(27(55)19-65-45)70-46-40(36(60)34(58)28(17-53)68-46)71-43-37(61)33(57)26(54)18-64-43/h15,23-46,53-63H,9-14,16-21H2,1-8H3/t23-,24-,25+,26-,27-,28-,29+,30-,31+,32+,33+,34-,35-,36+,37-,38-,39-,40-,41-,42+,43+,44+,45+,46+,48+,49+,50+,51-,52+/m1/s1. The lowest BCUT2D eigenvalue weighted by atomic mass is 9.38. The number of hydrogen-bond donors (Lipinski definition) is 11. The highest BCUT2D eigenvalue weighted by molar-refractivity contribution is 5.25. The minimum absolute atomic E-state index is 0.0306. The highest BCUT2D eigenvalue weighted by atomic mass is 16.8. The van der Waals surface area contributed by atoms with Crippen LogP contribution in [0.4, 0.5) is 0 Å². The molecule has 29 atom stereocenters. The molecule has 2 bridgehead atoms. The van der Waals surface area contributed by atoms with Crippen molar-refractivity contribution in [2.24, 2.45) is 45.8 Å². The zero-order valence-electron chi connectivity index (χ0n) is 43.4. The minimum atomic E-state index is -1.87. The molecule has 0 unspecified atom stereocenters. The van der Waals surface area contributed by atoms with Gasteiger partial charge in [0.05, 0.1) is 44.2 Å². The Bertz CT molecular complexity index is 2010. The number of hydrogen-bond acceptors (Lipinski definition) is 21. The summed E-state index contributed by atoms with van der Waals surface area (Å²) in [4.78, 5) is 0. The van der Waals surface area contributed by atoms with E-state index in [4.69, 9.17) is 47.4 Å². The molecule has 0 aromatic heterocycles. The van der Waals surface area contributed by atoms with E-state index in [1.54, 1.807) is 0 Å². The van der Waals surface area contributed by atoms with Gasteiger partial charge in [0.1, 0.15) is 85.0 Å². The predicted molar refractivity (Wildman–Crippen MR) is 250 cm³/mol. The smallest absolute Gasteiger partial charge is 0.191 e. The number of aliphatic hydroxyl groups is 11. The zero-order chi connectivity index (χ0) is 52.7. The van der Waals surface area contributed by atoms with Crippen LogP contribution in [0.15, 0.2) is 11.6 Å². The minimum Gasteiger partial charge on any atom is -0.394 e. The molecule has 10 aliphatic rings. The molecule has 73 heavy (non-hydrogen) atoms. The number of allylic oxidation sites excluding steroid dienone is 1. The summed E-state index contributed by atoms with van der Waals surface area (Å²) in [6.07, 6.45) is -20.5. The van der Waals surface area contributed by atoms with Crippen molar-refractivity contribution in [1.29, 1.82) is 0 Å². The molecule has 1 spiro atoms. The molecule has 4 saturated carbocycles. The second-order valence-corrected chi connectivity index (χ2v) is 25.4. The van der Waals surface area contributed by atoms with E-state index in [9.17, 15) is 56.2 Å². The third-order valence-corrected chi connectivity index (χ3v) is 20.1. The molecule has 0 amide bonds. The first-order valence-corrected chi connectivity index (χ1v) is 26.8. The maximum atomic E-state index is 12.3. The van der Waals surface area contributed by atoms with Gasteiger partial charge in [-0.3, -0.25) is 0 Å². The Morgan fingerprint density at radius 1 is 0.630 bits per heavy atom.